The predicted molar refractivity (Wildman–Crippen MR) is 178 cm³/mol. The number of benzene rings is 5. The maximum atomic E-state index is 12.9. The summed E-state index contributed by atoms with van der Waals surface area (Å²) in [5.41, 5.74) is 3.17. The van der Waals surface area contributed by atoms with Gasteiger partial charge in [-0.15, -0.1) is 0 Å². The van der Waals surface area contributed by atoms with Gasteiger partial charge in [0.2, 0.25) is 0 Å². The van der Waals surface area contributed by atoms with Gasteiger partial charge in [-0.3, -0.25) is 4.79 Å². The van der Waals surface area contributed by atoms with E-state index in [4.69, 9.17) is 25.8 Å². The van der Waals surface area contributed by atoms with E-state index in [1.54, 1.807) is 37.4 Å². The molecule has 0 atom stereocenters. The van der Waals surface area contributed by atoms with Crippen molar-refractivity contribution >= 4 is 62.6 Å². The molecular weight excluding hydrogens is 675 g/mol. The van der Waals surface area contributed by atoms with Crippen molar-refractivity contribution in [3.05, 3.63) is 134 Å². The fourth-order valence-corrected chi connectivity index (χ4v) is 5.33. The molecule has 0 radical (unpaired) electrons. The van der Waals surface area contributed by atoms with E-state index in [2.05, 4.69) is 46.1 Å². The Hall–Kier alpha value is -4.52. The predicted octanol–water partition coefficient (Wildman–Crippen LogP) is 8.81. The van der Waals surface area contributed by atoms with Gasteiger partial charge < -0.3 is 19.5 Å². The molecule has 5 aromatic carbocycles. The highest BCUT2D eigenvalue weighted by molar-refractivity contribution is 14.1. The second-order valence-electron chi connectivity index (χ2n) is 9.52. The first-order chi connectivity index (χ1) is 20.9. The van der Waals surface area contributed by atoms with E-state index >= 15 is 0 Å². The molecule has 0 aromatic heterocycles. The Labute approximate surface area is 268 Å². The van der Waals surface area contributed by atoms with Crippen LogP contribution in [0.15, 0.2) is 109 Å². The molecule has 5 rings (SSSR count). The lowest BCUT2D eigenvalue weighted by molar-refractivity contribution is -0.112. The summed E-state index contributed by atoms with van der Waals surface area (Å²) < 4.78 is 18.4. The number of ether oxygens (including phenoxy) is 3. The van der Waals surface area contributed by atoms with Crippen molar-refractivity contribution in [3.63, 3.8) is 0 Å². The Balaban J connectivity index is 1.25. The average Bonchev–Trinajstić information content (AvgIpc) is 3.03. The highest BCUT2D eigenvalue weighted by Crippen LogP contribution is 2.36. The number of nitrogens with zero attached hydrogens (tertiary/aromatic N) is 1. The van der Waals surface area contributed by atoms with E-state index in [9.17, 15) is 10.1 Å². The van der Waals surface area contributed by atoms with Crippen LogP contribution in [0.4, 0.5) is 5.69 Å². The molecular formula is C35H26ClIN2O4. The second kappa shape index (κ2) is 14.1. The second-order valence-corrected chi connectivity index (χ2v) is 11.1. The fraction of sp³-hybridized carbons (Fsp3) is 0.0857. The molecule has 0 spiro atoms. The molecule has 8 heteroatoms. The van der Waals surface area contributed by atoms with Crippen LogP contribution in [0.1, 0.15) is 16.7 Å². The third-order valence-corrected chi connectivity index (χ3v) is 7.66. The van der Waals surface area contributed by atoms with Gasteiger partial charge in [0.05, 0.1) is 10.7 Å². The molecule has 6 nitrogen and oxygen atoms in total. The Morgan fingerprint density at radius 1 is 0.930 bits per heavy atom. The molecule has 1 amide bonds. The molecule has 0 unspecified atom stereocenters. The van der Waals surface area contributed by atoms with Crippen LogP contribution in [-0.2, 0) is 18.0 Å². The van der Waals surface area contributed by atoms with Crippen LogP contribution in [0.2, 0.25) is 5.02 Å². The minimum Gasteiger partial charge on any atom is -0.493 e. The lowest BCUT2D eigenvalue weighted by Gasteiger charge is -2.15. The number of hydrogen-bond acceptors (Lipinski definition) is 5. The maximum absolute atomic E-state index is 12.9. The van der Waals surface area contributed by atoms with Crippen molar-refractivity contribution in [2.75, 3.05) is 12.4 Å². The number of rotatable bonds is 10. The smallest absolute Gasteiger partial charge is 0.266 e. The van der Waals surface area contributed by atoms with Crippen molar-refractivity contribution < 1.29 is 19.0 Å². The highest BCUT2D eigenvalue weighted by Gasteiger charge is 2.15. The molecule has 0 fully saturated rings. The van der Waals surface area contributed by atoms with Crippen molar-refractivity contribution in [1.29, 1.82) is 5.26 Å². The zero-order chi connectivity index (χ0) is 30.2. The largest absolute Gasteiger partial charge is 0.493 e. The number of carbonyl (C=O) groups is 1. The van der Waals surface area contributed by atoms with Gasteiger partial charge in [-0.2, -0.15) is 5.26 Å². The lowest BCUT2D eigenvalue weighted by Crippen LogP contribution is -2.13. The summed E-state index contributed by atoms with van der Waals surface area (Å²) in [5.74, 6) is 1.22. The zero-order valence-corrected chi connectivity index (χ0v) is 26.1. The van der Waals surface area contributed by atoms with Crippen LogP contribution in [0.25, 0.3) is 16.8 Å². The van der Waals surface area contributed by atoms with Gasteiger partial charge in [0, 0.05) is 10.7 Å². The van der Waals surface area contributed by atoms with Crippen LogP contribution in [0, 0.1) is 14.9 Å². The summed E-state index contributed by atoms with van der Waals surface area (Å²) in [6.45, 7) is 0.749. The summed E-state index contributed by atoms with van der Waals surface area (Å²) in [7, 11) is 1.56. The van der Waals surface area contributed by atoms with E-state index < -0.39 is 5.91 Å². The van der Waals surface area contributed by atoms with Crippen LogP contribution in [-0.4, -0.2) is 13.0 Å². The lowest BCUT2D eigenvalue weighted by atomic mass is 10.1. The first kappa shape index (κ1) is 30.0. The average molecular weight is 701 g/mol. The number of anilines is 1. The summed E-state index contributed by atoms with van der Waals surface area (Å²) >= 11 is 8.10. The van der Waals surface area contributed by atoms with Gasteiger partial charge in [-0.25, -0.2) is 0 Å². The Bertz CT molecular complexity index is 1830. The molecule has 0 saturated carbocycles. The zero-order valence-electron chi connectivity index (χ0n) is 23.1. The number of carbonyl (C=O) groups excluding carboxylic acids is 1. The van der Waals surface area contributed by atoms with Gasteiger partial charge in [0.15, 0.2) is 11.5 Å². The molecule has 43 heavy (non-hydrogen) atoms. The first-order valence-corrected chi connectivity index (χ1v) is 14.8. The number of nitrogens with one attached hydrogen (secondary N) is 1. The molecule has 0 bridgehead atoms. The minimum atomic E-state index is -0.525. The van der Waals surface area contributed by atoms with Gasteiger partial charge in [-0.05, 0) is 105 Å². The summed E-state index contributed by atoms with van der Waals surface area (Å²) in [4.78, 5) is 12.9. The monoisotopic (exact) mass is 700 g/mol. The van der Waals surface area contributed by atoms with Crippen molar-refractivity contribution in [3.8, 4) is 23.3 Å². The number of hydrogen-bond donors (Lipinski definition) is 1. The Morgan fingerprint density at radius 2 is 1.67 bits per heavy atom. The van der Waals surface area contributed by atoms with Crippen LogP contribution in [0.3, 0.4) is 0 Å². The molecule has 0 saturated heterocycles. The van der Waals surface area contributed by atoms with Gasteiger partial charge in [0.25, 0.3) is 5.91 Å². The first-order valence-electron chi connectivity index (χ1n) is 13.3. The third kappa shape index (κ3) is 7.66. The van der Waals surface area contributed by atoms with Crippen LogP contribution in [0.5, 0.6) is 17.2 Å². The molecule has 214 valence electrons. The van der Waals surface area contributed by atoms with Gasteiger partial charge in [0.1, 0.15) is 30.6 Å². The van der Waals surface area contributed by atoms with Crippen molar-refractivity contribution in [2.24, 2.45) is 0 Å². The maximum Gasteiger partial charge on any atom is 0.266 e. The standard InChI is InChI=1S/C35H26ClIN2O4/c1-41-33-19-24(18-32(37)34(33)43-22-26-7-4-6-25-5-2-3-8-31(25)26)17-27(20-38)35(40)39-29-13-15-30(16-14-29)42-21-23-9-11-28(36)12-10-23/h2-19H,21-22H2,1H3,(H,39,40)/b27-17+. The number of nitriles is 1. The van der Waals surface area contributed by atoms with Crippen LogP contribution < -0.4 is 19.5 Å². The fourth-order valence-electron chi connectivity index (χ4n) is 4.43. The number of halogens is 2. The summed E-state index contributed by atoms with van der Waals surface area (Å²) in [6.07, 6.45) is 1.53. The summed E-state index contributed by atoms with van der Waals surface area (Å²) in [5, 5.41) is 15.5. The van der Waals surface area contributed by atoms with E-state index in [0.717, 1.165) is 25.5 Å². The Kier molecular flexibility index (Phi) is 9.82. The topological polar surface area (TPSA) is 80.6 Å². The quantitative estimate of drug-likeness (QED) is 0.0895. The molecule has 0 aliphatic carbocycles. The van der Waals surface area contributed by atoms with Crippen LogP contribution >= 0.6 is 34.2 Å². The van der Waals surface area contributed by atoms with Gasteiger partial charge >= 0.3 is 0 Å². The highest BCUT2D eigenvalue weighted by atomic mass is 127. The van der Waals surface area contributed by atoms with Crippen molar-refractivity contribution in [1.82, 2.24) is 0 Å². The Morgan fingerprint density at radius 3 is 2.42 bits per heavy atom. The number of fused-ring (bicyclic) bond motifs is 1. The number of amides is 1. The SMILES string of the molecule is COc1cc(/C=C(\C#N)C(=O)Nc2ccc(OCc3ccc(Cl)cc3)cc2)cc(I)c1OCc1cccc2ccccc12. The number of methoxy groups -OCH3 is 1. The van der Waals surface area contributed by atoms with Gasteiger partial charge in [-0.1, -0.05) is 66.2 Å². The molecule has 0 aliphatic rings. The molecule has 0 aliphatic heterocycles. The van der Waals surface area contributed by atoms with E-state index in [-0.39, 0.29) is 5.57 Å². The molecule has 0 heterocycles. The minimum absolute atomic E-state index is 0.0506. The van der Waals surface area contributed by atoms with E-state index in [1.165, 1.54) is 6.08 Å². The third-order valence-electron chi connectivity index (χ3n) is 6.61. The van der Waals surface area contributed by atoms with E-state index in [0.29, 0.717) is 46.7 Å². The normalized spacial score (nSPS) is 11.1. The molecule has 5 aromatic rings. The van der Waals surface area contributed by atoms with E-state index in [1.807, 2.05) is 60.7 Å². The summed E-state index contributed by atoms with van der Waals surface area (Å²) in [6, 6.07) is 34.3. The molecule has 1 N–H and O–H groups in total. The van der Waals surface area contributed by atoms with Crippen molar-refractivity contribution in [2.45, 2.75) is 13.2 Å².